The van der Waals surface area contributed by atoms with Gasteiger partial charge in [-0.1, -0.05) is 19.1 Å². The number of ether oxygens (including phenoxy) is 2. The van der Waals surface area contributed by atoms with Crippen molar-refractivity contribution in [3.05, 3.63) is 29.8 Å². The smallest absolute Gasteiger partial charge is 0.214 e. The molecule has 0 amide bonds. The molecule has 1 aliphatic heterocycles. The molecule has 130 valence electrons. The standard InChI is InChI=1S/C17H27NO4S/c1-4-11-23(19,20)18-10-9-17(22-3)15(13-18)12-14-5-7-16(21-2)8-6-14/h5-8,15,17H,4,9-13H2,1-3H3/t15-,17+/m0/s1. The molecule has 0 radical (unpaired) electrons. The van der Waals surface area contributed by atoms with Gasteiger partial charge in [-0.2, -0.15) is 0 Å². The molecule has 2 atom stereocenters. The molecule has 0 spiro atoms. The average molecular weight is 341 g/mol. The Kier molecular flexibility index (Phi) is 6.44. The lowest BCUT2D eigenvalue weighted by molar-refractivity contribution is 0.0131. The molecule has 1 aromatic rings. The van der Waals surface area contributed by atoms with Crippen LogP contribution in [0.5, 0.6) is 5.75 Å². The molecule has 0 saturated carbocycles. The number of benzene rings is 1. The number of hydrogen-bond acceptors (Lipinski definition) is 4. The molecule has 23 heavy (non-hydrogen) atoms. The molecule has 0 N–H and O–H groups in total. The van der Waals surface area contributed by atoms with Crippen molar-refractivity contribution in [2.45, 2.75) is 32.3 Å². The van der Waals surface area contributed by atoms with Crippen LogP contribution in [0.3, 0.4) is 0 Å². The monoisotopic (exact) mass is 341 g/mol. The van der Waals surface area contributed by atoms with Gasteiger partial charge in [0.15, 0.2) is 0 Å². The van der Waals surface area contributed by atoms with E-state index < -0.39 is 10.0 Å². The summed E-state index contributed by atoms with van der Waals surface area (Å²) < 4.78 is 37.1. The molecule has 0 aliphatic carbocycles. The van der Waals surface area contributed by atoms with Gasteiger partial charge in [-0.25, -0.2) is 12.7 Å². The van der Waals surface area contributed by atoms with Crippen molar-refractivity contribution in [3.8, 4) is 5.75 Å². The summed E-state index contributed by atoms with van der Waals surface area (Å²) >= 11 is 0. The first kappa shape index (κ1) is 18.2. The maximum Gasteiger partial charge on any atom is 0.214 e. The Labute approximate surface area is 139 Å². The zero-order valence-corrected chi connectivity index (χ0v) is 15.0. The summed E-state index contributed by atoms with van der Waals surface area (Å²) in [4.78, 5) is 0. The van der Waals surface area contributed by atoms with Crippen molar-refractivity contribution in [2.24, 2.45) is 5.92 Å². The second-order valence-electron chi connectivity index (χ2n) is 6.05. The van der Waals surface area contributed by atoms with E-state index in [4.69, 9.17) is 9.47 Å². The maximum absolute atomic E-state index is 12.3. The first-order valence-electron chi connectivity index (χ1n) is 8.13. The highest BCUT2D eigenvalue weighted by atomic mass is 32.2. The van der Waals surface area contributed by atoms with Crippen LogP contribution in [0.4, 0.5) is 0 Å². The fourth-order valence-corrected chi connectivity index (χ4v) is 4.76. The number of nitrogens with zero attached hydrogens (tertiary/aromatic N) is 1. The molecule has 0 bridgehead atoms. The molecule has 1 heterocycles. The van der Waals surface area contributed by atoms with Crippen molar-refractivity contribution in [1.29, 1.82) is 0 Å². The van der Waals surface area contributed by atoms with Crippen LogP contribution >= 0.6 is 0 Å². The molecule has 5 nitrogen and oxygen atoms in total. The molecule has 1 aromatic carbocycles. The summed E-state index contributed by atoms with van der Waals surface area (Å²) in [5.74, 6) is 1.22. The van der Waals surface area contributed by atoms with Crippen LogP contribution < -0.4 is 4.74 Å². The van der Waals surface area contributed by atoms with Gasteiger partial charge in [0.05, 0.1) is 19.0 Å². The minimum atomic E-state index is -3.14. The van der Waals surface area contributed by atoms with Crippen LogP contribution in [0.25, 0.3) is 0 Å². The zero-order valence-electron chi connectivity index (χ0n) is 14.2. The van der Waals surface area contributed by atoms with Gasteiger partial charge in [0.1, 0.15) is 5.75 Å². The van der Waals surface area contributed by atoms with Gasteiger partial charge in [-0.3, -0.25) is 0 Å². The summed E-state index contributed by atoms with van der Waals surface area (Å²) in [6.45, 7) is 2.99. The van der Waals surface area contributed by atoms with Crippen LogP contribution in [-0.2, 0) is 21.2 Å². The lowest BCUT2D eigenvalue weighted by atomic mass is 9.89. The zero-order chi connectivity index (χ0) is 16.9. The predicted molar refractivity (Wildman–Crippen MR) is 91.3 cm³/mol. The number of methoxy groups -OCH3 is 2. The highest BCUT2D eigenvalue weighted by Gasteiger charge is 2.34. The molecular formula is C17H27NO4S. The Bertz CT molecular complexity index is 585. The van der Waals surface area contributed by atoms with Gasteiger partial charge in [0.25, 0.3) is 0 Å². The predicted octanol–water partition coefficient (Wildman–Crippen LogP) is 2.31. The molecule has 0 aromatic heterocycles. The number of rotatable bonds is 7. The lowest BCUT2D eigenvalue weighted by Crippen LogP contribution is -2.47. The summed E-state index contributed by atoms with van der Waals surface area (Å²) in [5.41, 5.74) is 1.17. The highest BCUT2D eigenvalue weighted by Crippen LogP contribution is 2.26. The topological polar surface area (TPSA) is 55.8 Å². The highest BCUT2D eigenvalue weighted by molar-refractivity contribution is 7.89. The van der Waals surface area contributed by atoms with Crippen LogP contribution in [-0.4, -0.2) is 51.9 Å². The molecule has 1 aliphatic rings. The molecular weight excluding hydrogens is 314 g/mol. The number of sulfonamides is 1. The lowest BCUT2D eigenvalue weighted by Gasteiger charge is -2.37. The first-order chi connectivity index (χ1) is 11.0. The van der Waals surface area contributed by atoms with E-state index in [2.05, 4.69) is 0 Å². The van der Waals surface area contributed by atoms with Gasteiger partial charge in [-0.05, 0) is 37.0 Å². The van der Waals surface area contributed by atoms with Crippen molar-refractivity contribution in [2.75, 3.05) is 33.1 Å². The third-order valence-corrected chi connectivity index (χ3v) is 6.48. The normalized spacial score (nSPS) is 22.9. The van der Waals surface area contributed by atoms with Crippen LogP contribution in [0.1, 0.15) is 25.3 Å². The van der Waals surface area contributed by atoms with Crippen LogP contribution in [0.15, 0.2) is 24.3 Å². The van der Waals surface area contributed by atoms with E-state index in [1.807, 2.05) is 31.2 Å². The quantitative estimate of drug-likeness (QED) is 0.764. The maximum atomic E-state index is 12.3. The van der Waals surface area contributed by atoms with Gasteiger partial charge < -0.3 is 9.47 Å². The largest absolute Gasteiger partial charge is 0.497 e. The Morgan fingerprint density at radius 1 is 1.22 bits per heavy atom. The molecule has 2 rings (SSSR count). The van der Waals surface area contributed by atoms with E-state index >= 15 is 0 Å². The van der Waals surface area contributed by atoms with Crippen LogP contribution in [0.2, 0.25) is 0 Å². The summed E-state index contributed by atoms with van der Waals surface area (Å²) in [6, 6.07) is 7.94. The van der Waals surface area contributed by atoms with E-state index in [0.717, 1.165) is 18.6 Å². The second-order valence-corrected chi connectivity index (χ2v) is 8.14. The summed E-state index contributed by atoms with van der Waals surface area (Å²) in [6.07, 6.45) is 2.31. The SMILES string of the molecule is CCCS(=O)(=O)N1CC[C@@H](OC)[C@@H](Cc2ccc(OC)cc2)C1. The Morgan fingerprint density at radius 2 is 1.91 bits per heavy atom. The summed E-state index contributed by atoms with van der Waals surface area (Å²) in [5, 5.41) is 0. The molecule has 1 saturated heterocycles. The summed E-state index contributed by atoms with van der Waals surface area (Å²) in [7, 11) is 0.213. The van der Waals surface area contributed by atoms with Crippen molar-refractivity contribution in [1.82, 2.24) is 4.31 Å². The first-order valence-corrected chi connectivity index (χ1v) is 9.74. The fourth-order valence-electron chi connectivity index (χ4n) is 3.19. The van der Waals surface area contributed by atoms with E-state index in [9.17, 15) is 8.42 Å². The van der Waals surface area contributed by atoms with E-state index in [1.54, 1.807) is 18.5 Å². The third-order valence-electron chi connectivity index (χ3n) is 4.44. The average Bonchev–Trinajstić information content (AvgIpc) is 2.55. The minimum absolute atomic E-state index is 0.102. The van der Waals surface area contributed by atoms with Gasteiger partial charge in [0.2, 0.25) is 10.0 Å². The van der Waals surface area contributed by atoms with Gasteiger partial charge in [0, 0.05) is 26.1 Å². The van der Waals surface area contributed by atoms with Gasteiger partial charge in [-0.15, -0.1) is 0 Å². The Hall–Kier alpha value is -1.11. The second kappa shape index (κ2) is 8.13. The van der Waals surface area contributed by atoms with E-state index in [0.29, 0.717) is 19.5 Å². The molecule has 6 heteroatoms. The minimum Gasteiger partial charge on any atom is -0.497 e. The fraction of sp³-hybridized carbons (Fsp3) is 0.647. The molecule has 0 unspecified atom stereocenters. The Morgan fingerprint density at radius 3 is 2.48 bits per heavy atom. The van der Waals surface area contributed by atoms with E-state index in [-0.39, 0.29) is 17.8 Å². The van der Waals surface area contributed by atoms with E-state index in [1.165, 1.54) is 5.56 Å². The van der Waals surface area contributed by atoms with Crippen LogP contribution in [0, 0.1) is 5.92 Å². The van der Waals surface area contributed by atoms with Crippen molar-refractivity contribution >= 4 is 10.0 Å². The van der Waals surface area contributed by atoms with Crippen molar-refractivity contribution in [3.63, 3.8) is 0 Å². The third kappa shape index (κ3) is 4.68. The van der Waals surface area contributed by atoms with Crippen molar-refractivity contribution < 1.29 is 17.9 Å². The Balaban J connectivity index is 2.09. The molecule has 1 fully saturated rings. The number of hydrogen-bond donors (Lipinski definition) is 0. The van der Waals surface area contributed by atoms with Gasteiger partial charge >= 0.3 is 0 Å². The number of piperidine rings is 1.